The Morgan fingerprint density at radius 2 is 1.52 bits per heavy atom. The molecule has 0 radical (unpaired) electrons. The van der Waals surface area contributed by atoms with Crippen molar-refractivity contribution in [1.82, 2.24) is 14.7 Å². The molecule has 0 aromatic heterocycles. The van der Waals surface area contributed by atoms with Gasteiger partial charge in [-0.15, -0.1) is 0 Å². The second kappa shape index (κ2) is 8.39. The van der Waals surface area contributed by atoms with Crippen LogP contribution in [-0.4, -0.2) is 72.5 Å². The SMILES string of the molecule is CC(C)C1CCC(CN2CCN(C(=O)C3CN(C(C)C)C3)CC2)CC1. The van der Waals surface area contributed by atoms with Crippen molar-refractivity contribution in [2.45, 2.75) is 59.4 Å². The Balaban J connectivity index is 1.35. The van der Waals surface area contributed by atoms with E-state index in [-0.39, 0.29) is 5.92 Å². The first kappa shape index (κ1) is 19.2. The van der Waals surface area contributed by atoms with Crippen LogP contribution in [0.2, 0.25) is 0 Å². The minimum absolute atomic E-state index is 0.264. The molecule has 2 aliphatic heterocycles. The summed E-state index contributed by atoms with van der Waals surface area (Å²) >= 11 is 0. The molecule has 1 aliphatic carbocycles. The van der Waals surface area contributed by atoms with E-state index in [0.29, 0.717) is 11.9 Å². The third-order valence-corrected chi connectivity index (χ3v) is 7.02. The summed E-state index contributed by atoms with van der Waals surface area (Å²) in [6.07, 6.45) is 5.67. The largest absolute Gasteiger partial charge is 0.340 e. The Labute approximate surface area is 154 Å². The van der Waals surface area contributed by atoms with Gasteiger partial charge in [0.05, 0.1) is 5.92 Å². The standard InChI is InChI=1S/C21H39N3O/c1-16(2)19-7-5-18(6-8-19)13-22-9-11-23(12-10-22)21(25)20-14-24(15-20)17(3)4/h16-20H,5-15H2,1-4H3. The highest BCUT2D eigenvalue weighted by Gasteiger charge is 2.37. The first-order valence-electron chi connectivity index (χ1n) is 10.7. The Kier molecular flexibility index (Phi) is 6.43. The molecule has 25 heavy (non-hydrogen) atoms. The van der Waals surface area contributed by atoms with Gasteiger partial charge in [0.2, 0.25) is 5.91 Å². The van der Waals surface area contributed by atoms with Crippen LogP contribution in [0.25, 0.3) is 0 Å². The lowest BCUT2D eigenvalue weighted by Gasteiger charge is -2.45. The van der Waals surface area contributed by atoms with E-state index in [1.807, 2.05) is 0 Å². The maximum absolute atomic E-state index is 12.6. The molecule has 1 amide bonds. The third-order valence-electron chi connectivity index (χ3n) is 7.02. The fourth-order valence-electron chi connectivity index (χ4n) is 4.90. The van der Waals surface area contributed by atoms with Crippen LogP contribution < -0.4 is 0 Å². The van der Waals surface area contributed by atoms with Gasteiger partial charge in [-0.3, -0.25) is 14.6 Å². The first-order chi connectivity index (χ1) is 11.9. The van der Waals surface area contributed by atoms with Crippen molar-refractivity contribution in [3.8, 4) is 0 Å². The summed E-state index contributed by atoms with van der Waals surface area (Å²) in [5.74, 6) is 3.38. The number of hydrogen-bond acceptors (Lipinski definition) is 3. The third kappa shape index (κ3) is 4.77. The summed E-state index contributed by atoms with van der Waals surface area (Å²) in [4.78, 5) is 19.8. The van der Waals surface area contributed by atoms with E-state index >= 15 is 0 Å². The van der Waals surface area contributed by atoms with Crippen LogP contribution in [0.5, 0.6) is 0 Å². The molecule has 4 nitrogen and oxygen atoms in total. The molecule has 0 aromatic rings. The van der Waals surface area contributed by atoms with Crippen LogP contribution in [0, 0.1) is 23.7 Å². The summed E-state index contributed by atoms with van der Waals surface area (Å²) < 4.78 is 0. The van der Waals surface area contributed by atoms with E-state index in [1.54, 1.807) is 0 Å². The molecule has 3 aliphatic rings. The van der Waals surface area contributed by atoms with Crippen LogP contribution in [0.3, 0.4) is 0 Å². The number of nitrogens with zero attached hydrogens (tertiary/aromatic N) is 3. The monoisotopic (exact) mass is 349 g/mol. The van der Waals surface area contributed by atoms with E-state index < -0.39 is 0 Å². The minimum atomic E-state index is 0.264. The highest BCUT2D eigenvalue weighted by Crippen LogP contribution is 2.33. The second-order valence-corrected chi connectivity index (χ2v) is 9.40. The minimum Gasteiger partial charge on any atom is -0.340 e. The molecule has 3 fully saturated rings. The van der Waals surface area contributed by atoms with Crippen LogP contribution in [-0.2, 0) is 4.79 Å². The smallest absolute Gasteiger partial charge is 0.228 e. The van der Waals surface area contributed by atoms with Gasteiger partial charge in [-0.2, -0.15) is 0 Å². The topological polar surface area (TPSA) is 26.8 Å². The van der Waals surface area contributed by atoms with Crippen molar-refractivity contribution in [3.63, 3.8) is 0 Å². The maximum Gasteiger partial charge on any atom is 0.228 e. The molecule has 0 unspecified atom stereocenters. The Hall–Kier alpha value is -0.610. The molecule has 3 rings (SSSR count). The van der Waals surface area contributed by atoms with Gasteiger partial charge in [-0.25, -0.2) is 0 Å². The van der Waals surface area contributed by atoms with Crippen molar-refractivity contribution in [3.05, 3.63) is 0 Å². The number of amides is 1. The van der Waals surface area contributed by atoms with E-state index in [4.69, 9.17) is 0 Å². The van der Waals surface area contributed by atoms with Crippen molar-refractivity contribution in [2.75, 3.05) is 45.8 Å². The lowest BCUT2D eigenvalue weighted by molar-refractivity contribution is -0.143. The van der Waals surface area contributed by atoms with Gasteiger partial charge in [-0.1, -0.05) is 13.8 Å². The zero-order valence-corrected chi connectivity index (χ0v) is 16.9. The molecule has 1 saturated carbocycles. The summed E-state index contributed by atoms with van der Waals surface area (Å²) in [7, 11) is 0. The summed E-state index contributed by atoms with van der Waals surface area (Å²) in [6.45, 7) is 16.4. The molecule has 0 spiro atoms. The molecule has 0 atom stereocenters. The molecule has 2 saturated heterocycles. The molecule has 2 heterocycles. The van der Waals surface area contributed by atoms with Gasteiger partial charge in [0.15, 0.2) is 0 Å². The normalized spacial score (nSPS) is 30.1. The van der Waals surface area contributed by atoms with Crippen LogP contribution in [0.1, 0.15) is 53.4 Å². The quantitative estimate of drug-likeness (QED) is 0.763. The molecule has 4 heteroatoms. The van der Waals surface area contributed by atoms with Crippen molar-refractivity contribution >= 4 is 5.91 Å². The van der Waals surface area contributed by atoms with Crippen LogP contribution in [0.15, 0.2) is 0 Å². The molecule has 0 aromatic carbocycles. The van der Waals surface area contributed by atoms with Gasteiger partial charge in [0.1, 0.15) is 0 Å². The number of piperazine rings is 1. The number of carbonyl (C=O) groups is 1. The maximum atomic E-state index is 12.6. The van der Waals surface area contributed by atoms with Crippen molar-refractivity contribution < 1.29 is 4.79 Å². The molecule has 144 valence electrons. The number of rotatable bonds is 5. The lowest BCUT2D eigenvalue weighted by atomic mass is 9.77. The fourth-order valence-corrected chi connectivity index (χ4v) is 4.90. The number of carbonyl (C=O) groups excluding carboxylic acids is 1. The first-order valence-corrected chi connectivity index (χ1v) is 10.7. The average molecular weight is 350 g/mol. The summed E-state index contributed by atoms with van der Waals surface area (Å²) in [5, 5.41) is 0. The molecule has 0 N–H and O–H groups in total. The highest BCUT2D eigenvalue weighted by atomic mass is 16.2. The number of hydrogen-bond donors (Lipinski definition) is 0. The summed E-state index contributed by atoms with van der Waals surface area (Å²) in [6, 6.07) is 0.576. The van der Waals surface area contributed by atoms with Crippen molar-refractivity contribution in [2.24, 2.45) is 23.7 Å². The lowest BCUT2D eigenvalue weighted by Crippen LogP contribution is -2.59. The Morgan fingerprint density at radius 1 is 0.920 bits per heavy atom. The van der Waals surface area contributed by atoms with E-state index in [9.17, 15) is 4.79 Å². The molecular weight excluding hydrogens is 310 g/mol. The van der Waals surface area contributed by atoms with Gasteiger partial charge in [-0.05, 0) is 57.3 Å². The fraction of sp³-hybridized carbons (Fsp3) is 0.952. The van der Waals surface area contributed by atoms with Crippen LogP contribution in [0.4, 0.5) is 0 Å². The van der Waals surface area contributed by atoms with E-state index in [0.717, 1.165) is 57.0 Å². The van der Waals surface area contributed by atoms with E-state index in [1.165, 1.54) is 32.2 Å². The molecule has 0 bridgehead atoms. The molecular formula is C21H39N3O. The van der Waals surface area contributed by atoms with Gasteiger partial charge in [0.25, 0.3) is 0 Å². The van der Waals surface area contributed by atoms with Gasteiger partial charge < -0.3 is 4.90 Å². The zero-order chi connectivity index (χ0) is 18.0. The van der Waals surface area contributed by atoms with Gasteiger partial charge in [0, 0.05) is 51.9 Å². The van der Waals surface area contributed by atoms with E-state index in [2.05, 4.69) is 42.4 Å². The Bertz CT molecular complexity index is 428. The average Bonchev–Trinajstić information content (AvgIpc) is 2.54. The predicted molar refractivity (Wildman–Crippen MR) is 104 cm³/mol. The Morgan fingerprint density at radius 3 is 2.04 bits per heavy atom. The predicted octanol–water partition coefficient (Wildman–Crippen LogP) is 2.93. The van der Waals surface area contributed by atoms with Crippen molar-refractivity contribution in [1.29, 1.82) is 0 Å². The summed E-state index contributed by atoms with van der Waals surface area (Å²) in [5.41, 5.74) is 0. The van der Waals surface area contributed by atoms with Gasteiger partial charge >= 0.3 is 0 Å². The second-order valence-electron chi connectivity index (χ2n) is 9.40. The number of likely N-dealkylation sites (tertiary alicyclic amines) is 1. The van der Waals surface area contributed by atoms with Crippen LogP contribution >= 0.6 is 0 Å². The highest BCUT2D eigenvalue weighted by molar-refractivity contribution is 5.80. The zero-order valence-electron chi connectivity index (χ0n) is 16.9.